The lowest BCUT2D eigenvalue weighted by Gasteiger charge is -2.35. The van der Waals surface area contributed by atoms with Gasteiger partial charge < -0.3 is 9.80 Å². The number of amides is 6. The van der Waals surface area contributed by atoms with Crippen LogP contribution in [0.3, 0.4) is 0 Å². The van der Waals surface area contributed by atoms with Crippen LogP contribution in [0.1, 0.15) is 25.7 Å². The zero-order chi connectivity index (χ0) is 26.3. The molecule has 0 aromatic heterocycles. The van der Waals surface area contributed by atoms with Gasteiger partial charge in [-0.25, -0.2) is 0 Å². The van der Waals surface area contributed by atoms with E-state index in [9.17, 15) is 28.8 Å². The summed E-state index contributed by atoms with van der Waals surface area (Å²) in [7, 11) is 0. The highest BCUT2D eigenvalue weighted by Gasteiger charge is 2.60. The number of carbonyl (C=O) groups excluding carboxylic acids is 6. The van der Waals surface area contributed by atoms with Crippen LogP contribution >= 0.6 is 0 Å². The van der Waals surface area contributed by atoms with Crippen LogP contribution < -0.4 is 0 Å². The molecule has 4 bridgehead atoms. The Morgan fingerprint density at radius 1 is 0.553 bits per heavy atom. The largest absolute Gasteiger partial charge is 0.339 e. The van der Waals surface area contributed by atoms with Crippen molar-refractivity contribution in [1.29, 1.82) is 0 Å². The van der Waals surface area contributed by atoms with Gasteiger partial charge >= 0.3 is 0 Å². The number of imide groups is 2. The normalized spacial score (nSPS) is 38.3. The van der Waals surface area contributed by atoms with E-state index in [1.165, 1.54) is 9.80 Å². The van der Waals surface area contributed by atoms with Gasteiger partial charge in [0, 0.05) is 52.1 Å². The molecule has 2 saturated carbocycles. The number of likely N-dealkylation sites (tertiary alicyclic amines) is 2. The van der Waals surface area contributed by atoms with Gasteiger partial charge in [0.15, 0.2) is 0 Å². The molecule has 4 aliphatic carbocycles. The number of piperazine rings is 1. The molecule has 5 fully saturated rings. The molecule has 3 aliphatic heterocycles. The van der Waals surface area contributed by atoms with E-state index >= 15 is 0 Å². The summed E-state index contributed by atoms with van der Waals surface area (Å²) in [6.07, 6.45) is 10.2. The molecule has 3 saturated heterocycles. The Kier molecular flexibility index (Phi) is 5.39. The monoisotopic (exact) mass is 520 g/mol. The molecule has 10 heteroatoms. The number of allylic oxidation sites excluding steroid dienone is 4. The summed E-state index contributed by atoms with van der Waals surface area (Å²) < 4.78 is 0. The van der Waals surface area contributed by atoms with E-state index in [1.54, 1.807) is 9.80 Å². The summed E-state index contributed by atoms with van der Waals surface area (Å²) in [6.45, 7) is 1.75. The van der Waals surface area contributed by atoms with Crippen LogP contribution in [-0.4, -0.2) is 94.3 Å². The van der Waals surface area contributed by atoms with Crippen LogP contribution in [0.2, 0.25) is 0 Å². The quantitative estimate of drug-likeness (QED) is 0.361. The van der Waals surface area contributed by atoms with Crippen LogP contribution in [0.15, 0.2) is 24.3 Å². The van der Waals surface area contributed by atoms with Crippen LogP contribution in [0.25, 0.3) is 0 Å². The van der Waals surface area contributed by atoms with E-state index in [-0.39, 0.29) is 109 Å². The molecule has 8 atom stereocenters. The Balaban J connectivity index is 0.866. The zero-order valence-electron chi connectivity index (χ0n) is 21.2. The van der Waals surface area contributed by atoms with Crippen molar-refractivity contribution in [2.24, 2.45) is 47.3 Å². The van der Waals surface area contributed by atoms with Crippen LogP contribution in [0, 0.1) is 47.3 Å². The Labute approximate surface area is 220 Å². The van der Waals surface area contributed by atoms with E-state index in [0.717, 1.165) is 12.8 Å². The molecule has 7 aliphatic rings. The third-order valence-corrected chi connectivity index (χ3v) is 10.2. The second kappa shape index (κ2) is 8.61. The molecule has 0 unspecified atom stereocenters. The third-order valence-electron chi connectivity index (χ3n) is 10.2. The van der Waals surface area contributed by atoms with Crippen molar-refractivity contribution in [3.8, 4) is 0 Å². The first kappa shape index (κ1) is 23.8. The number of carbonyl (C=O) groups is 6. The highest BCUT2D eigenvalue weighted by atomic mass is 16.2. The van der Waals surface area contributed by atoms with Gasteiger partial charge in [-0.3, -0.25) is 38.6 Å². The molecule has 0 spiro atoms. The van der Waals surface area contributed by atoms with Gasteiger partial charge in [0.25, 0.3) is 0 Å². The van der Waals surface area contributed by atoms with Crippen LogP contribution in [-0.2, 0) is 28.8 Å². The summed E-state index contributed by atoms with van der Waals surface area (Å²) in [5.41, 5.74) is 0. The minimum atomic E-state index is -0.250. The zero-order valence-corrected chi connectivity index (χ0v) is 21.2. The highest BCUT2D eigenvalue weighted by Crippen LogP contribution is 2.53. The molecular weight excluding hydrogens is 488 g/mol. The summed E-state index contributed by atoms with van der Waals surface area (Å²) in [5.74, 6) is -1.18. The standard InChI is InChI=1S/C28H32N4O6/c33-19(5-7-31-25(35)21-15-1-2-16(13-15)22(21)26(31)36)29-9-11-30(12-10-29)20(34)6-8-32-27(37)23-17-3-4-18(14-17)24(23)28(32)38/h1-4,15-18,21-24H,5-14H2/t15-,16-,17-,18-,21-,22-,23-,24+/m0/s1. The number of rotatable bonds is 6. The number of hydrogen-bond donors (Lipinski definition) is 0. The van der Waals surface area contributed by atoms with Crippen molar-refractivity contribution in [2.75, 3.05) is 39.3 Å². The molecule has 200 valence electrons. The fraction of sp³-hybridized carbons (Fsp3) is 0.643. The average Bonchev–Trinajstić information content (AvgIpc) is 3.76. The van der Waals surface area contributed by atoms with Gasteiger partial charge in [0.1, 0.15) is 0 Å². The lowest BCUT2D eigenvalue weighted by atomic mass is 9.85. The Morgan fingerprint density at radius 3 is 1.13 bits per heavy atom. The lowest BCUT2D eigenvalue weighted by molar-refractivity contribution is -0.145. The predicted octanol–water partition coefficient (Wildman–Crippen LogP) is 0.0516. The van der Waals surface area contributed by atoms with Gasteiger partial charge in [0.05, 0.1) is 23.7 Å². The fourth-order valence-corrected chi connectivity index (χ4v) is 8.31. The molecule has 38 heavy (non-hydrogen) atoms. The predicted molar refractivity (Wildman–Crippen MR) is 131 cm³/mol. The van der Waals surface area contributed by atoms with Gasteiger partial charge in [-0.15, -0.1) is 0 Å². The van der Waals surface area contributed by atoms with E-state index < -0.39 is 0 Å². The summed E-state index contributed by atoms with van der Waals surface area (Å²) in [6, 6.07) is 0. The third kappa shape index (κ3) is 3.37. The highest BCUT2D eigenvalue weighted by molar-refractivity contribution is 6.07. The SMILES string of the molecule is O=C(CCN1C(=O)[C@@H]2[C@@H](C1=O)[C@H]1C=C[C@H]2C1)N1CCN(C(=O)CCN2C(=O)[C@@H]3[C@H](C2=O)[C@H]2C=C[C@H]3C2)CC1. The van der Waals surface area contributed by atoms with Crippen molar-refractivity contribution >= 4 is 35.4 Å². The maximum atomic E-state index is 12.8. The average molecular weight is 521 g/mol. The van der Waals surface area contributed by atoms with Crippen molar-refractivity contribution < 1.29 is 28.8 Å². The van der Waals surface area contributed by atoms with Crippen molar-refractivity contribution in [1.82, 2.24) is 19.6 Å². The number of fused-ring (bicyclic) bond motifs is 10. The summed E-state index contributed by atoms with van der Waals surface area (Å²) in [5, 5.41) is 0. The second-order valence-electron chi connectivity index (χ2n) is 11.9. The van der Waals surface area contributed by atoms with Crippen LogP contribution in [0.5, 0.6) is 0 Å². The molecular formula is C28H32N4O6. The lowest BCUT2D eigenvalue weighted by Crippen LogP contribution is -2.51. The van der Waals surface area contributed by atoms with E-state index in [4.69, 9.17) is 0 Å². The fourth-order valence-electron chi connectivity index (χ4n) is 8.31. The molecule has 7 rings (SSSR count). The summed E-state index contributed by atoms with van der Waals surface area (Å²) in [4.78, 5) is 82.9. The molecule has 6 amide bonds. The van der Waals surface area contributed by atoms with E-state index in [2.05, 4.69) is 24.3 Å². The Hall–Kier alpha value is -3.30. The van der Waals surface area contributed by atoms with Crippen LogP contribution in [0.4, 0.5) is 0 Å². The van der Waals surface area contributed by atoms with Crippen molar-refractivity contribution in [2.45, 2.75) is 25.7 Å². The molecule has 0 radical (unpaired) electrons. The van der Waals surface area contributed by atoms with Gasteiger partial charge in [-0.2, -0.15) is 0 Å². The minimum absolute atomic E-state index is 0.0893. The maximum Gasteiger partial charge on any atom is 0.233 e. The van der Waals surface area contributed by atoms with Gasteiger partial charge in [-0.1, -0.05) is 24.3 Å². The maximum absolute atomic E-state index is 12.8. The first-order chi connectivity index (χ1) is 18.3. The topological polar surface area (TPSA) is 115 Å². The first-order valence-corrected chi connectivity index (χ1v) is 14.0. The molecule has 10 nitrogen and oxygen atoms in total. The first-order valence-electron chi connectivity index (χ1n) is 14.0. The van der Waals surface area contributed by atoms with Crippen molar-refractivity contribution in [3.63, 3.8) is 0 Å². The van der Waals surface area contributed by atoms with Gasteiger partial charge in [-0.05, 0) is 36.5 Å². The Bertz CT molecular complexity index is 1050. The molecule has 0 N–H and O–H groups in total. The Morgan fingerprint density at radius 2 is 0.842 bits per heavy atom. The molecule has 0 aromatic carbocycles. The van der Waals surface area contributed by atoms with Crippen molar-refractivity contribution in [3.05, 3.63) is 24.3 Å². The van der Waals surface area contributed by atoms with E-state index in [1.807, 2.05) is 0 Å². The van der Waals surface area contributed by atoms with E-state index in [0.29, 0.717) is 26.2 Å². The van der Waals surface area contributed by atoms with Gasteiger partial charge in [0.2, 0.25) is 35.4 Å². The smallest absolute Gasteiger partial charge is 0.233 e. The molecule has 0 aromatic rings. The second-order valence-corrected chi connectivity index (χ2v) is 11.9. The summed E-state index contributed by atoms with van der Waals surface area (Å²) >= 11 is 0. The number of hydrogen-bond acceptors (Lipinski definition) is 6. The molecule has 3 heterocycles. The number of nitrogens with zero attached hydrogens (tertiary/aromatic N) is 4. The minimum Gasteiger partial charge on any atom is -0.339 e.